The molecule has 1 aliphatic heterocycles. The Labute approximate surface area is 217 Å². The van der Waals surface area contributed by atoms with Crippen LogP contribution in [0, 0.1) is 15.2 Å². The molecule has 1 saturated heterocycles. The summed E-state index contributed by atoms with van der Waals surface area (Å²) in [7, 11) is 0. The van der Waals surface area contributed by atoms with Crippen LogP contribution in [0.4, 0.5) is 19.3 Å². The van der Waals surface area contributed by atoms with Gasteiger partial charge in [-0.05, 0) is 88.5 Å². The van der Waals surface area contributed by atoms with Crippen LogP contribution in [0.5, 0.6) is 5.75 Å². The van der Waals surface area contributed by atoms with Crippen molar-refractivity contribution in [1.29, 1.82) is 0 Å². The average Bonchev–Trinajstić information content (AvgIpc) is 3.08. The number of hydrogen-bond acceptors (Lipinski definition) is 5. The van der Waals surface area contributed by atoms with Gasteiger partial charge in [-0.25, -0.2) is 8.78 Å². The summed E-state index contributed by atoms with van der Waals surface area (Å²) in [6.07, 6.45) is 1.56. The average molecular weight is 606 g/mol. The Balaban J connectivity index is 1.40. The van der Waals surface area contributed by atoms with Crippen molar-refractivity contribution in [3.05, 3.63) is 98.0 Å². The zero-order valence-electron chi connectivity index (χ0n) is 18.0. The van der Waals surface area contributed by atoms with Crippen molar-refractivity contribution in [2.45, 2.75) is 6.61 Å². The molecule has 0 bridgehead atoms. The summed E-state index contributed by atoms with van der Waals surface area (Å²) in [4.78, 5) is 38.3. The molecule has 35 heavy (non-hydrogen) atoms. The lowest BCUT2D eigenvalue weighted by Gasteiger charge is -2.12. The molecule has 0 radical (unpaired) electrons. The van der Waals surface area contributed by atoms with Gasteiger partial charge in [0.05, 0.1) is 8.48 Å². The molecule has 4 rings (SSSR count). The lowest BCUT2D eigenvalue weighted by molar-refractivity contribution is -0.127. The molecule has 3 aromatic rings. The predicted molar refractivity (Wildman–Crippen MR) is 138 cm³/mol. The number of carbonyl (C=O) groups excluding carboxylic acids is 3. The number of hydrogen-bond donors (Lipinski definition) is 1. The van der Waals surface area contributed by atoms with E-state index in [9.17, 15) is 23.2 Å². The van der Waals surface area contributed by atoms with Crippen molar-refractivity contribution in [2.24, 2.45) is 0 Å². The van der Waals surface area contributed by atoms with E-state index in [-0.39, 0.29) is 17.3 Å². The van der Waals surface area contributed by atoms with Crippen molar-refractivity contribution in [3.63, 3.8) is 0 Å². The third-order valence-corrected chi connectivity index (χ3v) is 6.65. The third kappa shape index (κ3) is 6.25. The van der Waals surface area contributed by atoms with Crippen LogP contribution in [0.2, 0.25) is 0 Å². The smallest absolute Gasteiger partial charge is 0.294 e. The number of halogens is 3. The van der Waals surface area contributed by atoms with Crippen LogP contribution in [-0.2, 0) is 16.2 Å². The van der Waals surface area contributed by atoms with Gasteiger partial charge in [0.25, 0.3) is 11.1 Å². The van der Waals surface area contributed by atoms with Gasteiger partial charge in [-0.3, -0.25) is 19.3 Å². The number of thioether (sulfide) groups is 1. The summed E-state index contributed by atoms with van der Waals surface area (Å²) in [6, 6.07) is 16.7. The lowest BCUT2D eigenvalue weighted by Crippen LogP contribution is -2.36. The van der Waals surface area contributed by atoms with E-state index in [1.54, 1.807) is 42.5 Å². The first-order valence-electron chi connectivity index (χ1n) is 10.3. The number of ether oxygens (including phenoxy) is 1. The highest BCUT2D eigenvalue weighted by Gasteiger charge is 2.36. The normalized spacial score (nSPS) is 14.5. The van der Waals surface area contributed by atoms with E-state index >= 15 is 0 Å². The van der Waals surface area contributed by atoms with E-state index in [2.05, 4.69) is 27.9 Å². The molecule has 6 nitrogen and oxygen atoms in total. The summed E-state index contributed by atoms with van der Waals surface area (Å²) >= 11 is 2.81. The second-order valence-corrected chi connectivity index (χ2v) is 9.55. The third-order valence-electron chi connectivity index (χ3n) is 4.90. The molecule has 3 amide bonds. The number of carbonyl (C=O) groups is 3. The number of amides is 3. The van der Waals surface area contributed by atoms with E-state index in [0.29, 0.717) is 22.6 Å². The van der Waals surface area contributed by atoms with Crippen LogP contribution in [0.25, 0.3) is 6.08 Å². The largest absolute Gasteiger partial charge is 0.488 e. The minimum Gasteiger partial charge on any atom is -0.488 e. The molecule has 1 N–H and O–H groups in total. The van der Waals surface area contributed by atoms with Crippen molar-refractivity contribution < 1.29 is 27.9 Å². The van der Waals surface area contributed by atoms with Gasteiger partial charge in [-0.1, -0.05) is 24.3 Å². The maximum Gasteiger partial charge on any atom is 0.294 e. The Kier molecular flexibility index (Phi) is 7.81. The van der Waals surface area contributed by atoms with E-state index < -0.39 is 29.4 Å². The fourth-order valence-corrected chi connectivity index (χ4v) is 4.69. The number of rotatable bonds is 7. The molecule has 10 heteroatoms. The lowest BCUT2D eigenvalue weighted by atomic mass is 10.2. The van der Waals surface area contributed by atoms with Gasteiger partial charge in [0.1, 0.15) is 30.5 Å². The Morgan fingerprint density at radius 1 is 1.06 bits per heavy atom. The maximum absolute atomic E-state index is 13.8. The van der Waals surface area contributed by atoms with Gasteiger partial charge in [0, 0.05) is 11.3 Å². The van der Waals surface area contributed by atoms with Crippen LogP contribution >= 0.6 is 34.4 Å². The van der Waals surface area contributed by atoms with E-state index in [0.717, 1.165) is 20.2 Å². The molecule has 178 valence electrons. The van der Waals surface area contributed by atoms with Crippen molar-refractivity contribution in [1.82, 2.24) is 4.90 Å². The zero-order chi connectivity index (χ0) is 24.9. The summed E-state index contributed by atoms with van der Waals surface area (Å²) in [5, 5.41) is 1.96. The van der Waals surface area contributed by atoms with Gasteiger partial charge in [-0.2, -0.15) is 0 Å². The summed E-state index contributed by atoms with van der Waals surface area (Å²) in [5.41, 5.74) is 1.45. The van der Waals surface area contributed by atoms with Crippen LogP contribution in [-0.4, -0.2) is 28.5 Å². The number of nitrogens with zero attached hydrogens (tertiary/aromatic N) is 1. The van der Waals surface area contributed by atoms with Crippen LogP contribution in [0.15, 0.2) is 71.6 Å². The van der Waals surface area contributed by atoms with Gasteiger partial charge < -0.3 is 10.1 Å². The second-order valence-electron chi connectivity index (χ2n) is 7.39. The Hall–Kier alpha value is -3.25. The second kappa shape index (κ2) is 11.0. The SMILES string of the molecule is O=C(CN1C(=O)S/C(=C\c2ccc(OCc3ccccc3F)c(I)c2)C1=O)Nc1ccc(F)cc1. The van der Waals surface area contributed by atoms with Crippen LogP contribution in [0.1, 0.15) is 11.1 Å². The first kappa shape index (κ1) is 24.9. The van der Waals surface area contributed by atoms with Crippen molar-refractivity contribution in [2.75, 3.05) is 11.9 Å². The Morgan fingerprint density at radius 3 is 2.51 bits per heavy atom. The highest BCUT2D eigenvalue weighted by Crippen LogP contribution is 2.33. The maximum atomic E-state index is 13.8. The molecule has 0 atom stereocenters. The highest BCUT2D eigenvalue weighted by molar-refractivity contribution is 14.1. The van der Waals surface area contributed by atoms with Crippen molar-refractivity contribution in [3.8, 4) is 5.75 Å². The molecule has 0 spiro atoms. The molecule has 3 aromatic carbocycles. The molecular weight excluding hydrogens is 589 g/mol. The van der Waals surface area contributed by atoms with Gasteiger partial charge in [0.2, 0.25) is 5.91 Å². The number of imide groups is 1. The molecule has 1 heterocycles. The fourth-order valence-electron chi connectivity index (χ4n) is 3.16. The quantitative estimate of drug-likeness (QED) is 0.271. The molecule has 1 aliphatic rings. The van der Waals surface area contributed by atoms with Gasteiger partial charge in [-0.15, -0.1) is 0 Å². The number of benzene rings is 3. The minimum atomic E-state index is -0.579. The molecule has 1 fully saturated rings. The topological polar surface area (TPSA) is 75.7 Å². The van der Waals surface area contributed by atoms with Crippen molar-refractivity contribution >= 4 is 63.2 Å². The first-order valence-corrected chi connectivity index (χ1v) is 12.2. The Bertz CT molecular complexity index is 1330. The van der Waals surface area contributed by atoms with Gasteiger partial charge in [0.15, 0.2) is 0 Å². The number of nitrogens with one attached hydrogen (secondary N) is 1. The molecule has 0 aliphatic carbocycles. The zero-order valence-corrected chi connectivity index (χ0v) is 20.9. The summed E-state index contributed by atoms with van der Waals surface area (Å²) < 4.78 is 33.3. The first-order chi connectivity index (χ1) is 16.8. The van der Waals surface area contributed by atoms with E-state index in [1.165, 1.54) is 30.3 Å². The summed E-state index contributed by atoms with van der Waals surface area (Å²) in [5.74, 6) is -1.40. The van der Waals surface area contributed by atoms with E-state index in [4.69, 9.17) is 4.74 Å². The monoisotopic (exact) mass is 606 g/mol. The molecule has 0 saturated carbocycles. The molecule has 0 unspecified atom stereocenters. The predicted octanol–water partition coefficient (Wildman–Crippen LogP) is 5.82. The number of anilines is 1. The minimum absolute atomic E-state index is 0.0703. The van der Waals surface area contributed by atoms with Gasteiger partial charge >= 0.3 is 0 Å². The fraction of sp³-hybridized carbons (Fsp3) is 0.0800. The standard InChI is InChI=1S/C25H17F2IN2O4S/c26-17-6-8-18(9-7-17)29-23(31)13-30-24(32)22(35-25(30)33)12-15-5-10-21(20(28)11-15)34-14-16-3-1-2-4-19(16)27/h1-12H,13-14H2,(H,29,31)/b22-12-. The van der Waals surface area contributed by atoms with E-state index in [1.807, 2.05) is 0 Å². The summed E-state index contributed by atoms with van der Waals surface area (Å²) in [6.45, 7) is -0.388. The molecular formula is C25H17F2IN2O4S. The Morgan fingerprint density at radius 2 is 1.80 bits per heavy atom. The van der Waals surface area contributed by atoms with Crippen LogP contribution in [0.3, 0.4) is 0 Å². The highest BCUT2D eigenvalue weighted by atomic mass is 127. The van der Waals surface area contributed by atoms with Crippen LogP contribution < -0.4 is 10.1 Å². The molecule has 0 aromatic heterocycles.